The molecule has 1 saturated heterocycles. The highest BCUT2D eigenvalue weighted by molar-refractivity contribution is 5.88. The highest BCUT2D eigenvalue weighted by Gasteiger charge is 2.33. The van der Waals surface area contributed by atoms with Gasteiger partial charge in [-0.3, -0.25) is 9.36 Å². The molecule has 1 N–H and O–H groups in total. The Morgan fingerprint density at radius 3 is 2.48 bits per heavy atom. The van der Waals surface area contributed by atoms with Gasteiger partial charge in [0.25, 0.3) is 0 Å². The van der Waals surface area contributed by atoms with E-state index in [-0.39, 0.29) is 11.4 Å². The summed E-state index contributed by atoms with van der Waals surface area (Å²) in [5, 5.41) is 24.5. The van der Waals surface area contributed by atoms with E-state index in [0.717, 1.165) is 19.3 Å². The summed E-state index contributed by atoms with van der Waals surface area (Å²) < 4.78 is 0.652. The molecule has 1 aliphatic rings. The van der Waals surface area contributed by atoms with E-state index in [1.54, 1.807) is 30.5 Å². The molecule has 6 nitrogen and oxygen atoms in total. The van der Waals surface area contributed by atoms with Crippen LogP contribution in [0.25, 0.3) is 16.7 Å². The zero-order chi connectivity index (χ0) is 17.4. The summed E-state index contributed by atoms with van der Waals surface area (Å²) in [6.45, 7) is 0.618. The maximum Gasteiger partial charge on any atom is 0.322 e. The Kier molecular flexibility index (Phi) is 3.78. The number of quaternary nitrogens is 1. The molecule has 25 heavy (non-hydrogen) atoms. The van der Waals surface area contributed by atoms with Crippen LogP contribution in [0.3, 0.4) is 0 Å². The molecule has 0 atom stereocenters. The van der Waals surface area contributed by atoms with Crippen molar-refractivity contribution >= 4 is 16.7 Å². The lowest BCUT2D eigenvalue weighted by Crippen LogP contribution is -2.50. The summed E-state index contributed by atoms with van der Waals surface area (Å²) >= 11 is 0. The predicted molar refractivity (Wildman–Crippen MR) is 97.8 cm³/mol. The number of hydroxylamine groups is 2. The van der Waals surface area contributed by atoms with E-state index < -0.39 is 10.2 Å². The topological polar surface area (TPSA) is 78.2 Å². The van der Waals surface area contributed by atoms with Gasteiger partial charge in [0.1, 0.15) is 0 Å². The van der Waals surface area contributed by atoms with E-state index in [9.17, 15) is 15.1 Å². The van der Waals surface area contributed by atoms with Gasteiger partial charge in [-0.1, -0.05) is 18.2 Å². The number of fused-ring (bicyclic) bond motifs is 1. The van der Waals surface area contributed by atoms with Gasteiger partial charge in [-0.15, -0.1) is 0 Å². The SMILES string of the molecule is O=c1c([N+]2([O-])CCCCC2)c(O)c2cccnc2n1-c1ccccc1. The predicted octanol–water partition coefficient (Wildman–Crippen LogP) is 3.08. The fourth-order valence-electron chi connectivity index (χ4n) is 3.62. The molecule has 128 valence electrons. The molecule has 3 heterocycles. The second-order valence-electron chi connectivity index (χ2n) is 6.45. The van der Waals surface area contributed by atoms with Crippen molar-refractivity contribution in [3.05, 3.63) is 64.2 Å². The van der Waals surface area contributed by atoms with Crippen LogP contribution < -0.4 is 10.2 Å². The van der Waals surface area contributed by atoms with Gasteiger partial charge in [0.05, 0.1) is 24.2 Å². The Morgan fingerprint density at radius 2 is 1.76 bits per heavy atom. The first-order valence-corrected chi connectivity index (χ1v) is 8.49. The minimum atomic E-state index is -0.775. The van der Waals surface area contributed by atoms with Crippen LogP contribution in [-0.2, 0) is 0 Å². The van der Waals surface area contributed by atoms with Gasteiger partial charge in [0.15, 0.2) is 11.4 Å². The Bertz CT molecular complexity index is 976. The number of para-hydroxylation sites is 1. The van der Waals surface area contributed by atoms with Crippen molar-refractivity contribution in [2.24, 2.45) is 0 Å². The van der Waals surface area contributed by atoms with Crippen LogP contribution in [-0.4, -0.2) is 27.7 Å². The molecule has 2 aromatic heterocycles. The molecule has 0 aliphatic carbocycles. The van der Waals surface area contributed by atoms with E-state index in [2.05, 4.69) is 4.98 Å². The van der Waals surface area contributed by atoms with E-state index >= 15 is 0 Å². The molecular weight excluding hydrogens is 318 g/mol. The first-order chi connectivity index (χ1) is 12.1. The fourth-order valence-corrected chi connectivity index (χ4v) is 3.62. The lowest BCUT2D eigenvalue weighted by Gasteiger charge is -2.44. The zero-order valence-electron chi connectivity index (χ0n) is 13.8. The lowest BCUT2D eigenvalue weighted by molar-refractivity contribution is 0.295. The number of aromatic nitrogens is 2. The van der Waals surface area contributed by atoms with Gasteiger partial charge in [0, 0.05) is 6.20 Å². The van der Waals surface area contributed by atoms with Gasteiger partial charge < -0.3 is 15.0 Å². The van der Waals surface area contributed by atoms with Gasteiger partial charge in [0.2, 0.25) is 5.69 Å². The monoisotopic (exact) mass is 337 g/mol. The molecule has 1 aliphatic heterocycles. The second kappa shape index (κ2) is 5.98. The molecule has 4 rings (SSSR count). The molecule has 1 fully saturated rings. The number of piperidine rings is 1. The molecule has 0 unspecified atom stereocenters. The van der Waals surface area contributed by atoms with E-state index in [1.165, 1.54) is 4.57 Å². The Hall–Kier alpha value is -2.70. The Labute approximate surface area is 144 Å². The molecular formula is C19H19N3O3. The number of hydrogen-bond acceptors (Lipinski definition) is 4. The highest BCUT2D eigenvalue weighted by Crippen LogP contribution is 2.37. The zero-order valence-corrected chi connectivity index (χ0v) is 13.8. The Morgan fingerprint density at radius 1 is 1.04 bits per heavy atom. The first kappa shape index (κ1) is 15.8. The number of pyridine rings is 2. The summed E-state index contributed by atoms with van der Waals surface area (Å²) in [4.78, 5) is 17.5. The van der Waals surface area contributed by atoms with Crippen LogP contribution in [0.1, 0.15) is 19.3 Å². The maximum absolute atomic E-state index is 13.3. The van der Waals surface area contributed by atoms with Crippen molar-refractivity contribution in [2.45, 2.75) is 19.3 Å². The van der Waals surface area contributed by atoms with E-state index in [0.29, 0.717) is 29.8 Å². The van der Waals surface area contributed by atoms with Crippen molar-refractivity contribution in [1.82, 2.24) is 14.2 Å². The highest BCUT2D eigenvalue weighted by atomic mass is 16.5. The summed E-state index contributed by atoms with van der Waals surface area (Å²) in [7, 11) is 0. The molecule has 3 aromatic rings. The standard InChI is InChI=1S/C19H19N3O3/c23-17-15-10-7-11-20-18(15)21(14-8-3-1-4-9-14)19(24)16(17)22(25)12-5-2-6-13-22/h1,3-4,7-11,23H,2,5-6,12-13H2. The first-order valence-electron chi connectivity index (χ1n) is 8.49. The molecule has 0 radical (unpaired) electrons. The van der Waals surface area contributed by atoms with Crippen LogP contribution >= 0.6 is 0 Å². The van der Waals surface area contributed by atoms with E-state index in [4.69, 9.17) is 0 Å². The quantitative estimate of drug-likeness (QED) is 0.576. The molecule has 6 heteroatoms. The van der Waals surface area contributed by atoms with Crippen molar-refractivity contribution in [3.8, 4) is 11.4 Å². The van der Waals surface area contributed by atoms with Crippen LogP contribution in [0.5, 0.6) is 5.75 Å². The maximum atomic E-state index is 13.3. The summed E-state index contributed by atoms with van der Waals surface area (Å²) in [6.07, 6.45) is 4.05. The van der Waals surface area contributed by atoms with Gasteiger partial charge in [-0.05, 0) is 43.5 Å². The normalized spacial score (nSPS) is 16.8. The lowest BCUT2D eigenvalue weighted by atomic mass is 10.1. The van der Waals surface area contributed by atoms with Crippen LogP contribution in [0.2, 0.25) is 0 Å². The van der Waals surface area contributed by atoms with Crippen LogP contribution in [0.15, 0.2) is 53.5 Å². The number of aromatic hydroxyl groups is 1. The fraction of sp³-hybridized carbons (Fsp3) is 0.263. The molecule has 0 amide bonds. The molecule has 0 saturated carbocycles. The third kappa shape index (κ3) is 2.50. The third-order valence-corrected chi connectivity index (χ3v) is 4.84. The summed E-state index contributed by atoms with van der Waals surface area (Å²) in [5.41, 5.74) is 0.403. The minimum absolute atomic E-state index is 0.0796. The minimum Gasteiger partial charge on any atom is -0.627 e. The van der Waals surface area contributed by atoms with Gasteiger partial charge >= 0.3 is 5.56 Å². The molecule has 0 bridgehead atoms. The van der Waals surface area contributed by atoms with Gasteiger partial charge in [-0.25, -0.2) is 4.98 Å². The second-order valence-corrected chi connectivity index (χ2v) is 6.45. The number of benzene rings is 1. The van der Waals surface area contributed by atoms with Crippen molar-refractivity contribution in [2.75, 3.05) is 13.1 Å². The summed E-state index contributed by atoms with van der Waals surface area (Å²) in [5.74, 6) is -0.239. The number of rotatable bonds is 2. The third-order valence-electron chi connectivity index (χ3n) is 4.84. The molecule has 1 aromatic carbocycles. The number of hydrogen-bond donors (Lipinski definition) is 1. The summed E-state index contributed by atoms with van der Waals surface area (Å²) in [6, 6.07) is 12.5. The smallest absolute Gasteiger partial charge is 0.322 e. The van der Waals surface area contributed by atoms with Crippen LogP contribution in [0.4, 0.5) is 5.69 Å². The van der Waals surface area contributed by atoms with Gasteiger partial charge in [-0.2, -0.15) is 0 Å². The van der Waals surface area contributed by atoms with E-state index in [1.807, 2.05) is 18.2 Å². The van der Waals surface area contributed by atoms with Crippen molar-refractivity contribution < 1.29 is 5.11 Å². The van der Waals surface area contributed by atoms with Crippen molar-refractivity contribution in [3.63, 3.8) is 0 Å². The van der Waals surface area contributed by atoms with Crippen molar-refractivity contribution in [1.29, 1.82) is 0 Å². The average Bonchev–Trinajstić information content (AvgIpc) is 2.63. The number of nitrogens with zero attached hydrogens (tertiary/aromatic N) is 3. The average molecular weight is 337 g/mol. The molecule has 0 spiro atoms. The largest absolute Gasteiger partial charge is 0.627 e. The Balaban J connectivity index is 2.10. The van der Waals surface area contributed by atoms with Crippen LogP contribution in [0, 0.1) is 5.21 Å².